The van der Waals surface area contributed by atoms with E-state index >= 15 is 0 Å². The molecule has 1 saturated heterocycles. The second-order valence-corrected chi connectivity index (χ2v) is 9.86. The molecule has 1 aliphatic heterocycles. The highest BCUT2D eigenvalue weighted by molar-refractivity contribution is 5.87. The second kappa shape index (κ2) is 14.3. The molecule has 0 saturated carbocycles. The number of hydrogen-bond acceptors (Lipinski definition) is 10. The summed E-state index contributed by atoms with van der Waals surface area (Å²) in [7, 11) is 1.53. The minimum absolute atomic E-state index is 0.0178. The van der Waals surface area contributed by atoms with Gasteiger partial charge < -0.3 is 38.6 Å². The Kier molecular flexibility index (Phi) is 11.1. The summed E-state index contributed by atoms with van der Waals surface area (Å²) in [6, 6.07) is 15.3. The fraction of sp³-hybridized carbons (Fsp3) is 0.517. The van der Waals surface area contributed by atoms with Gasteiger partial charge in [-0.25, -0.2) is 9.59 Å². The molecule has 10 heteroatoms. The first-order chi connectivity index (χ1) is 18.6. The molecule has 0 aliphatic carbocycles. The highest BCUT2D eigenvalue weighted by atomic mass is 16.7. The van der Waals surface area contributed by atoms with Crippen LogP contribution in [0.5, 0.6) is 11.5 Å². The number of benzene rings is 2. The van der Waals surface area contributed by atoms with Crippen molar-refractivity contribution in [2.75, 3.05) is 40.1 Å². The fourth-order valence-electron chi connectivity index (χ4n) is 3.97. The summed E-state index contributed by atoms with van der Waals surface area (Å²) in [5, 5.41) is 19.9. The molecule has 0 aromatic heterocycles. The van der Waals surface area contributed by atoms with Crippen LogP contribution in [-0.2, 0) is 34.0 Å². The molecule has 214 valence electrons. The van der Waals surface area contributed by atoms with Gasteiger partial charge in [-0.1, -0.05) is 45.0 Å². The molecule has 2 aromatic carbocycles. The SMILES string of the molecule is CCC1OC(=O)C(COCC(O)COc2ccc(C(C)(C)c3ccc(OCC(O)COC)cc3)cc2)OC1=O. The first-order valence-corrected chi connectivity index (χ1v) is 12.9. The topological polar surface area (TPSA) is 130 Å². The van der Waals surface area contributed by atoms with Gasteiger partial charge in [-0.2, -0.15) is 0 Å². The maximum absolute atomic E-state index is 11.9. The Labute approximate surface area is 228 Å². The van der Waals surface area contributed by atoms with Crippen molar-refractivity contribution in [2.45, 2.75) is 57.0 Å². The number of ether oxygens (including phenoxy) is 6. The van der Waals surface area contributed by atoms with Crippen LogP contribution in [0.3, 0.4) is 0 Å². The molecule has 2 N–H and O–H groups in total. The van der Waals surface area contributed by atoms with Gasteiger partial charge in [-0.05, 0) is 41.8 Å². The van der Waals surface area contributed by atoms with Crippen molar-refractivity contribution in [3.63, 3.8) is 0 Å². The third-order valence-corrected chi connectivity index (χ3v) is 6.39. The summed E-state index contributed by atoms with van der Waals surface area (Å²) in [6.07, 6.45) is -3.30. The number of rotatable bonds is 15. The van der Waals surface area contributed by atoms with E-state index in [0.717, 1.165) is 11.1 Å². The Balaban J connectivity index is 1.44. The Bertz CT molecular complexity index is 1050. The summed E-state index contributed by atoms with van der Waals surface area (Å²) in [5.41, 5.74) is 1.87. The third kappa shape index (κ3) is 8.66. The van der Waals surface area contributed by atoms with Crippen LogP contribution in [0.2, 0.25) is 0 Å². The van der Waals surface area contributed by atoms with Crippen molar-refractivity contribution >= 4 is 11.9 Å². The van der Waals surface area contributed by atoms with E-state index in [1.165, 1.54) is 7.11 Å². The molecule has 1 aliphatic rings. The molecule has 2 aromatic rings. The number of aliphatic hydroxyl groups is 2. The van der Waals surface area contributed by atoms with Crippen LogP contribution < -0.4 is 9.47 Å². The molecule has 3 rings (SSSR count). The molecule has 4 unspecified atom stereocenters. The van der Waals surface area contributed by atoms with E-state index in [4.69, 9.17) is 28.4 Å². The maximum atomic E-state index is 11.9. The Morgan fingerprint density at radius 1 is 0.769 bits per heavy atom. The summed E-state index contributed by atoms with van der Waals surface area (Å²) >= 11 is 0. The molecule has 1 fully saturated rings. The van der Waals surface area contributed by atoms with Crippen molar-refractivity contribution in [3.8, 4) is 11.5 Å². The molecule has 4 atom stereocenters. The van der Waals surface area contributed by atoms with Crippen molar-refractivity contribution in [1.82, 2.24) is 0 Å². The molecule has 0 spiro atoms. The van der Waals surface area contributed by atoms with Gasteiger partial charge in [0.2, 0.25) is 6.10 Å². The van der Waals surface area contributed by atoms with Gasteiger partial charge in [-0.3, -0.25) is 0 Å². The zero-order valence-electron chi connectivity index (χ0n) is 22.8. The molecule has 0 amide bonds. The molecule has 1 heterocycles. The summed E-state index contributed by atoms with van der Waals surface area (Å²) in [4.78, 5) is 23.6. The minimum Gasteiger partial charge on any atom is -0.491 e. The standard InChI is InChI=1S/C29H38O10/c1-5-25-27(32)39-26(28(33)38-25)18-35-15-22(31)17-37-24-12-8-20(9-13-24)29(2,3)19-6-10-23(11-7-19)36-16-21(30)14-34-4/h6-13,21-22,25-26,30-31H,5,14-18H2,1-4H3. The maximum Gasteiger partial charge on any atom is 0.350 e. The lowest BCUT2D eigenvalue weighted by Crippen LogP contribution is -2.46. The number of methoxy groups -OCH3 is 1. The van der Waals surface area contributed by atoms with Crippen LogP contribution in [0.15, 0.2) is 48.5 Å². The van der Waals surface area contributed by atoms with Crippen molar-refractivity contribution in [2.24, 2.45) is 0 Å². The number of esters is 2. The second-order valence-electron chi connectivity index (χ2n) is 9.86. The van der Waals surface area contributed by atoms with Crippen molar-refractivity contribution in [1.29, 1.82) is 0 Å². The van der Waals surface area contributed by atoms with E-state index in [1.54, 1.807) is 6.92 Å². The monoisotopic (exact) mass is 546 g/mol. The lowest BCUT2D eigenvalue weighted by atomic mass is 9.78. The van der Waals surface area contributed by atoms with Crippen LogP contribution in [0.25, 0.3) is 0 Å². The van der Waals surface area contributed by atoms with E-state index in [9.17, 15) is 19.8 Å². The predicted molar refractivity (Wildman–Crippen MR) is 141 cm³/mol. The van der Waals surface area contributed by atoms with Crippen LogP contribution in [0.1, 0.15) is 38.3 Å². The highest BCUT2D eigenvalue weighted by Gasteiger charge is 2.37. The Hall–Kier alpha value is -3.18. The number of carbonyl (C=O) groups excluding carboxylic acids is 2. The normalized spacial score (nSPS) is 19.1. The van der Waals surface area contributed by atoms with E-state index in [2.05, 4.69) is 13.8 Å². The molecular formula is C29H38O10. The summed E-state index contributed by atoms with van der Waals surface area (Å²) in [5.74, 6) is 0.00197. The summed E-state index contributed by atoms with van der Waals surface area (Å²) < 4.78 is 31.6. The zero-order chi connectivity index (χ0) is 28.4. The predicted octanol–water partition coefficient (Wildman–Crippen LogP) is 2.40. The number of hydrogen-bond donors (Lipinski definition) is 2. The number of cyclic esters (lactones) is 2. The van der Waals surface area contributed by atoms with Gasteiger partial charge in [0.05, 0.1) is 19.8 Å². The summed E-state index contributed by atoms with van der Waals surface area (Å²) in [6.45, 7) is 6.00. The average molecular weight is 547 g/mol. The van der Waals surface area contributed by atoms with Crippen LogP contribution >= 0.6 is 0 Å². The minimum atomic E-state index is -1.14. The Morgan fingerprint density at radius 3 is 1.72 bits per heavy atom. The molecule has 39 heavy (non-hydrogen) atoms. The highest BCUT2D eigenvalue weighted by Crippen LogP contribution is 2.33. The lowest BCUT2D eigenvalue weighted by Gasteiger charge is -2.27. The first-order valence-electron chi connectivity index (χ1n) is 12.9. The number of aliphatic hydroxyl groups excluding tert-OH is 2. The average Bonchev–Trinajstić information content (AvgIpc) is 2.93. The zero-order valence-corrected chi connectivity index (χ0v) is 22.8. The lowest BCUT2D eigenvalue weighted by molar-refractivity contribution is -0.199. The van der Waals surface area contributed by atoms with E-state index < -0.39 is 36.4 Å². The third-order valence-electron chi connectivity index (χ3n) is 6.39. The van der Waals surface area contributed by atoms with Gasteiger partial charge in [0, 0.05) is 12.5 Å². The quantitative estimate of drug-likeness (QED) is 0.321. The largest absolute Gasteiger partial charge is 0.491 e. The van der Waals surface area contributed by atoms with Gasteiger partial charge in [0.1, 0.15) is 36.9 Å². The molecule has 10 nitrogen and oxygen atoms in total. The van der Waals surface area contributed by atoms with E-state index in [1.807, 2.05) is 48.5 Å². The van der Waals surface area contributed by atoms with E-state index in [-0.39, 0.29) is 38.4 Å². The number of carbonyl (C=O) groups is 2. The first kappa shape index (κ1) is 30.4. The fourth-order valence-corrected chi connectivity index (χ4v) is 3.97. The molecule has 0 bridgehead atoms. The van der Waals surface area contributed by atoms with Gasteiger partial charge in [0.25, 0.3) is 0 Å². The van der Waals surface area contributed by atoms with Gasteiger partial charge in [-0.15, -0.1) is 0 Å². The van der Waals surface area contributed by atoms with Crippen molar-refractivity contribution < 1.29 is 48.2 Å². The molecular weight excluding hydrogens is 508 g/mol. The van der Waals surface area contributed by atoms with Crippen molar-refractivity contribution in [3.05, 3.63) is 59.7 Å². The molecule has 0 radical (unpaired) electrons. The Morgan fingerprint density at radius 2 is 1.23 bits per heavy atom. The van der Waals surface area contributed by atoms with Crippen LogP contribution in [0.4, 0.5) is 0 Å². The van der Waals surface area contributed by atoms with Crippen LogP contribution in [0, 0.1) is 0 Å². The van der Waals surface area contributed by atoms with Crippen LogP contribution in [-0.4, -0.2) is 86.7 Å². The van der Waals surface area contributed by atoms with Gasteiger partial charge in [0.15, 0.2) is 6.10 Å². The van der Waals surface area contributed by atoms with Gasteiger partial charge >= 0.3 is 11.9 Å². The smallest absolute Gasteiger partial charge is 0.350 e. The van der Waals surface area contributed by atoms with E-state index in [0.29, 0.717) is 17.9 Å².